The van der Waals surface area contributed by atoms with E-state index in [1.807, 2.05) is 5.32 Å². The number of benzene rings is 2. The lowest BCUT2D eigenvalue weighted by Gasteiger charge is -2.35. The molecule has 0 saturated carbocycles. The average Bonchev–Trinajstić information content (AvgIpc) is 3.13. The fourth-order valence-corrected chi connectivity index (χ4v) is 5.32. The van der Waals surface area contributed by atoms with Gasteiger partial charge in [-0.05, 0) is 60.2 Å². The SMILES string of the molecule is COc1ccc(C(=O)N[C@]2(C(F)(F)F)C(=O)N(CCc3ccc(OC)c(OC)c3)C3=C2C(=O)CC(C)(C)C3)cc1. The summed E-state index contributed by atoms with van der Waals surface area (Å²) in [6.45, 7) is 3.37. The first-order valence-electron chi connectivity index (χ1n) is 12.6. The Morgan fingerprint density at radius 3 is 2.17 bits per heavy atom. The van der Waals surface area contributed by atoms with Crippen molar-refractivity contribution >= 4 is 17.6 Å². The Labute approximate surface area is 230 Å². The van der Waals surface area contributed by atoms with Gasteiger partial charge in [0.25, 0.3) is 11.8 Å². The second-order valence-electron chi connectivity index (χ2n) is 10.6. The number of amides is 2. The van der Waals surface area contributed by atoms with Crippen LogP contribution in [0.3, 0.4) is 0 Å². The van der Waals surface area contributed by atoms with Crippen LogP contribution in [0.1, 0.15) is 42.6 Å². The number of nitrogens with one attached hydrogen (secondary N) is 1. The molecule has 2 amide bonds. The van der Waals surface area contributed by atoms with Gasteiger partial charge < -0.3 is 24.4 Å². The molecule has 0 aromatic heterocycles. The molecule has 2 aromatic rings. The van der Waals surface area contributed by atoms with Gasteiger partial charge in [0.15, 0.2) is 17.3 Å². The van der Waals surface area contributed by atoms with E-state index in [4.69, 9.17) is 14.2 Å². The van der Waals surface area contributed by atoms with Gasteiger partial charge in [-0.15, -0.1) is 0 Å². The van der Waals surface area contributed by atoms with Crippen LogP contribution in [0.5, 0.6) is 17.2 Å². The molecular weight excluding hydrogens is 529 g/mol. The van der Waals surface area contributed by atoms with Crippen LogP contribution in [-0.2, 0) is 16.0 Å². The summed E-state index contributed by atoms with van der Waals surface area (Å²) in [7, 11) is 4.35. The highest BCUT2D eigenvalue weighted by Gasteiger charge is 2.71. The highest BCUT2D eigenvalue weighted by molar-refractivity contribution is 6.14. The van der Waals surface area contributed by atoms with Crippen LogP contribution in [0.25, 0.3) is 0 Å². The molecule has 1 heterocycles. The lowest BCUT2D eigenvalue weighted by molar-refractivity contribution is -0.190. The molecule has 0 radical (unpaired) electrons. The van der Waals surface area contributed by atoms with Crippen molar-refractivity contribution in [2.24, 2.45) is 5.41 Å². The van der Waals surface area contributed by atoms with E-state index in [9.17, 15) is 14.4 Å². The molecule has 4 rings (SSSR count). The smallest absolute Gasteiger partial charge is 0.425 e. The van der Waals surface area contributed by atoms with E-state index in [2.05, 4.69) is 0 Å². The summed E-state index contributed by atoms with van der Waals surface area (Å²) < 4.78 is 60.6. The summed E-state index contributed by atoms with van der Waals surface area (Å²) in [4.78, 5) is 41.3. The number of halogens is 3. The first-order valence-corrected chi connectivity index (χ1v) is 12.6. The number of hydrogen-bond donors (Lipinski definition) is 1. The Morgan fingerprint density at radius 2 is 1.60 bits per heavy atom. The molecule has 1 aliphatic heterocycles. The Morgan fingerprint density at radius 1 is 0.950 bits per heavy atom. The molecule has 1 N–H and O–H groups in total. The monoisotopic (exact) mass is 560 g/mol. The highest BCUT2D eigenvalue weighted by Crippen LogP contribution is 2.51. The fourth-order valence-electron chi connectivity index (χ4n) is 5.32. The Bertz CT molecular complexity index is 1370. The zero-order chi connectivity index (χ0) is 29.5. The molecule has 0 fully saturated rings. The van der Waals surface area contributed by atoms with Gasteiger partial charge >= 0.3 is 6.18 Å². The number of Topliss-reactive ketones (excluding diaryl/α,β-unsaturated/α-hetero) is 1. The normalized spacial score (nSPS) is 20.4. The largest absolute Gasteiger partial charge is 0.497 e. The molecule has 2 aromatic carbocycles. The fraction of sp³-hybridized carbons (Fsp3) is 0.414. The van der Waals surface area contributed by atoms with E-state index in [-0.39, 0.29) is 37.1 Å². The van der Waals surface area contributed by atoms with Crippen molar-refractivity contribution < 1.29 is 41.8 Å². The highest BCUT2D eigenvalue weighted by atomic mass is 19.4. The van der Waals surface area contributed by atoms with Crippen LogP contribution in [0.2, 0.25) is 0 Å². The van der Waals surface area contributed by atoms with E-state index in [0.29, 0.717) is 22.8 Å². The van der Waals surface area contributed by atoms with Gasteiger partial charge in [0.1, 0.15) is 5.75 Å². The van der Waals surface area contributed by atoms with Crippen LogP contribution >= 0.6 is 0 Å². The summed E-state index contributed by atoms with van der Waals surface area (Å²) in [6, 6.07) is 10.5. The number of ether oxygens (including phenoxy) is 3. The number of ketones is 1. The van der Waals surface area contributed by atoms with Gasteiger partial charge in [-0.3, -0.25) is 14.4 Å². The number of carbonyl (C=O) groups is 3. The standard InChI is InChI=1S/C29H31F3N2O6/c1-27(2)15-20-24(21(35)16-27)28(29(30,31)32,33-25(36)18-7-9-19(38-3)10-8-18)26(37)34(20)13-12-17-6-11-22(39-4)23(14-17)40-5/h6-11,14H,12-13,15-16H2,1-5H3,(H,33,36)/t28-/m0/s1. The van der Waals surface area contributed by atoms with Crippen molar-refractivity contribution in [3.8, 4) is 17.2 Å². The van der Waals surface area contributed by atoms with Gasteiger partial charge in [0, 0.05) is 24.2 Å². The summed E-state index contributed by atoms with van der Waals surface area (Å²) >= 11 is 0. The third-order valence-corrected chi connectivity index (χ3v) is 7.27. The number of hydrogen-bond acceptors (Lipinski definition) is 6. The molecule has 8 nitrogen and oxygen atoms in total. The van der Waals surface area contributed by atoms with Gasteiger partial charge in [0.2, 0.25) is 5.54 Å². The molecule has 0 bridgehead atoms. The van der Waals surface area contributed by atoms with E-state index in [1.165, 1.54) is 45.6 Å². The first kappa shape index (κ1) is 29.0. The second-order valence-corrected chi connectivity index (χ2v) is 10.6. The maximum Gasteiger partial charge on any atom is 0.425 e. The Balaban J connectivity index is 1.76. The summed E-state index contributed by atoms with van der Waals surface area (Å²) in [6.07, 6.45) is -5.26. The molecule has 2 aliphatic rings. The number of rotatable bonds is 8. The number of allylic oxidation sites excluding steroid dienone is 1. The van der Waals surface area contributed by atoms with Gasteiger partial charge in [0.05, 0.1) is 26.9 Å². The quantitative estimate of drug-likeness (QED) is 0.512. The molecule has 0 spiro atoms. The lowest BCUT2D eigenvalue weighted by atomic mass is 9.72. The van der Waals surface area contributed by atoms with E-state index in [0.717, 1.165) is 4.90 Å². The molecule has 40 heavy (non-hydrogen) atoms. The number of carbonyl (C=O) groups excluding carboxylic acids is 3. The third-order valence-electron chi connectivity index (χ3n) is 7.27. The molecule has 214 valence electrons. The predicted octanol–water partition coefficient (Wildman–Crippen LogP) is 4.47. The average molecular weight is 561 g/mol. The molecule has 0 unspecified atom stereocenters. The van der Waals surface area contributed by atoms with Crippen LogP contribution in [0, 0.1) is 5.41 Å². The minimum Gasteiger partial charge on any atom is -0.497 e. The number of nitrogens with zero attached hydrogens (tertiary/aromatic N) is 1. The van der Waals surface area contributed by atoms with Crippen molar-refractivity contribution in [2.75, 3.05) is 27.9 Å². The van der Waals surface area contributed by atoms with Crippen LogP contribution in [0.4, 0.5) is 13.2 Å². The zero-order valence-electron chi connectivity index (χ0n) is 22.9. The molecule has 1 atom stereocenters. The van der Waals surface area contributed by atoms with Crippen molar-refractivity contribution in [2.45, 2.75) is 44.8 Å². The lowest BCUT2D eigenvalue weighted by Crippen LogP contribution is -2.66. The minimum atomic E-state index is -5.29. The van der Waals surface area contributed by atoms with Gasteiger partial charge in [-0.1, -0.05) is 19.9 Å². The minimum absolute atomic E-state index is 0.0147. The van der Waals surface area contributed by atoms with Crippen LogP contribution < -0.4 is 19.5 Å². The van der Waals surface area contributed by atoms with E-state index >= 15 is 13.2 Å². The first-order chi connectivity index (χ1) is 18.8. The Hall–Kier alpha value is -4.02. The summed E-state index contributed by atoms with van der Waals surface area (Å²) in [5.74, 6) is -2.06. The number of methoxy groups -OCH3 is 3. The van der Waals surface area contributed by atoms with Crippen molar-refractivity contribution in [1.29, 1.82) is 0 Å². The molecule has 11 heteroatoms. The second kappa shape index (κ2) is 10.5. The maximum absolute atomic E-state index is 15.0. The van der Waals surface area contributed by atoms with Crippen LogP contribution in [-0.4, -0.2) is 62.1 Å². The molecule has 0 saturated heterocycles. The van der Waals surface area contributed by atoms with E-state index in [1.54, 1.807) is 32.0 Å². The third kappa shape index (κ3) is 5.00. The molecule has 1 aliphatic carbocycles. The van der Waals surface area contributed by atoms with Crippen molar-refractivity contribution in [3.63, 3.8) is 0 Å². The van der Waals surface area contributed by atoms with Gasteiger partial charge in [-0.25, -0.2) is 0 Å². The predicted molar refractivity (Wildman–Crippen MR) is 139 cm³/mol. The van der Waals surface area contributed by atoms with Crippen molar-refractivity contribution in [1.82, 2.24) is 10.2 Å². The zero-order valence-corrected chi connectivity index (χ0v) is 22.9. The summed E-state index contributed by atoms with van der Waals surface area (Å²) in [5.41, 5.74) is -4.35. The van der Waals surface area contributed by atoms with Crippen LogP contribution in [0.15, 0.2) is 53.7 Å². The maximum atomic E-state index is 15.0. The van der Waals surface area contributed by atoms with Crippen molar-refractivity contribution in [3.05, 3.63) is 64.9 Å². The van der Waals surface area contributed by atoms with Gasteiger partial charge in [-0.2, -0.15) is 13.2 Å². The molecular formula is C29H31F3N2O6. The van der Waals surface area contributed by atoms with E-state index < -0.39 is 40.3 Å². The Kier molecular flexibility index (Phi) is 7.62. The number of alkyl halides is 3. The summed E-state index contributed by atoms with van der Waals surface area (Å²) in [5, 5.41) is 1.94. The topological polar surface area (TPSA) is 94.2 Å².